The summed E-state index contributed by atoms with van der Waals surface area (Å²) < 4.78 is 31.4. The highest BCUT2D eigenvalue weighted by Crippen LogP contribution is 2.28. The van der Waals surface area contributed by atoms with E-state index in [0.717, 1.165) is 30.2 Å². The van der Waals surface area contributed by atoms with Crippen molar-refractivity contribution in [1.82, 2.24) is 14.9 Å². The lowest BCUT2D eigenvalue weighted by atomic mass is 10.1. The lowest BCUT2D eigenvalue weighted by molar-refractivity contribution is 0.0927. The van der Waals surface area contributed by atoms with Crippen LogP contribution in [0.3, 0.4) is 0 Å². The van der Waals surface area contributed by atoms with E-state index < -0.39 is 10.0 Å². The van der Waals surface area contributed by atoms with Crippen LogP contribution in [0.2, 0.25) is 0 Å². The van der Waals surface area contributed by atoms with E-state index in [2.05, 4.69) is 15.5 Å². The van der Waals surface area contributed by atoms with Gasteiger partial charge >= 0.3 is 0 Å². The van der Waals surface area contributed by atoms with E-state index in [-0.39, 0.29) is 29.8 Å². The van der Waals surface area contributed by atoms with Gasteiger partial charge in [0, 0.05) is 51.5 Å². The molecule has 0 saturated carbocycles. The number of nitrogens with zero attached hydrogens (tertiary/aromatic N) is 2. The minimum Gasteiger partial charge on any atom is -0.497 e. The predicted octanol–water partition coefficient (Wildman–Crippen LogP) is 1.71. The van der Waals surface area contributed by atoms with Crippen molar-refractivity contribution in [1.29, 1.82) is 0 Å². The first-order valence-corrected chi connectivity index (χ1v) is 12.2. The number of nitrogens with one attached hydrogen (secondary N) is 2. The van der Waals surface area contributed by atoms with E-state index >= 15 is 0 Å². The van der Waals surface area contributed by atoms with E-state index in [9.17, 15) is 18.0 Å². The fourth-order valence-electron chi connectivity index (χ4n) is 3.59. The fraction of sp³-hybridized carbons (Fsp3) is 0.391. The van der Waals surface area contributed by atoms with Gasteiger partial charge < -0.3 is 20.3 Å². The van der Waals surface area contributed by atoms with Gasteiger partial charge in [-0.05, 0) is 55.3 Å². The molecule has 0 unspecified atom stereocenters. The Morgan fingerprint density at radius 3 is 2.15 bits per heavy atom. The van der Waals surface area contributed by atoms with Crippen molar-refractivity contribution in [3.63, 3.8) is 0 Å². The van der Waals surface area contributed by atoms with Gasteiger partial charge in [0.05, 0.1) is 17.6 Å². The number of methoxy groups -OCH3 is 1. The number of amides is 2. The summed E-state index contributed by atoms with van der Waals surface area (Å²) >= 11 is 0. The smallest absolute Gasteiger partial charge is 0.253 e. The molecule has 1 heterocycles. The van der Waals surface area contributed by atoms with Crippen LogP contribution >= 0.6 is 0 Å². The summed E-state index contributed by atoms with van der Waals surface area (Å²) in [5, 5.41) is 5.54. The molecule has 9 nitrogen and oxygen atoms in total. The van der Waals surface area contributed by atoms with Crippen LogP contribution in [-0.2, 0) is 10.0 Å². The van der Waals surface area contributed by atoms with E-state index in [1.165, 1.54) is 26.2 Å². The number of benzene rings is 2. The summed E-state index contributed by atoms with van der Waals surface area (Å²) in [7, 11) is 0.784. The number of hydrogen-bond acceptors (Lipinski definition) is 6. The van der Waals surface area contributed by atoms with Crippen LogP contribution in [-0.4, -0.2) is 71.9 Å². The molecular formula is C23H30N4O5S. The number of carbonyl (C=O) groups is 2. The molecule has 178 valence electrons. The molecule has 2 aromatic carbocycles. The van der Waals surface area contributed by atoms with Crippen LogP contribution in [0.4, 0.5) is 5.69 Å². The van der Waals surface area contributed by atoms with Crippen molar-refractivity contribution >= 4 is 27.5 Å². The molecule has 2 N–H and O–H groups in total. The zero-order valence-corrected chi connectivity index (χ0v) is 19.9. The first-order valence-electron chi connectivity index (χ1n) is 10.8. The minimum atomic E-state index is -3.68. The third kappa shape index (κ3) is 5.82. The quantitative estimate of drug-likeness (QED) is 0.536. The second-order valence-corrected chi connectivity index (χ2v) is 10.1. The van der Waals surface area contributed by atoms with Gasteiger partial charge in [0.15, 0.2) is 0 Å². The molecule has 0 bridgehead atoms. The van der Waals surface area contributed by atoms with Crippen LogP contribution < -0.4 is 20.3 Å². The minimum absolute atomic E-state index is 0.0633. The zero-order chi connectivity index (χ0) is 24.0. The number of rotatable bonds is 9. The molecule has 0 aliphatic carbocycles. The topological polar surface area (TPSA) is 108 Å². The average Bonchev–Trinajstić information content (AvgIpc) is 3.36. The van der Waals surface area contributed by atoms with E-state index in [1.807, 2.05) is 0 Å². The van der Waals surface area contributed by atoms with Gasteiger partial charge in [-0.15, -0.1) is 0 Å². The second kappa shape index (κ2) is 10.7. The van der Waals surface area contributed by atoms with Crippen LogP contribution in [0.5, 0.6) is 5.75 Å². The summed E-state index contributed by atoms with van der Waals surface area (Å²) in [6, 6.07) is 11.4. The maximum absolute atomic E-state index is 13.0. The number of hydrogen-bond donors (Lipinski definition) is 2. The molecule has 0 spiro atoms. The monoisotopic (exact) mass is 474 g/mol. The van der Waals surface area contributed by atoms with Crippen LogP contribution in [0.1, 0.15) is 33.6 Å². The lowest BCUT2D eigenvalue weighted by Crippen LogP contribution is -2.35. The molecule has 0 radical (unpaired) electrons. The lowest BCUT2D eigenvalue weighted by Gasteiger charge is -2.22. The molecule has 1 fully saturated rings. The normalized spacial score (nSPS) is 13.8. The zero-order valence-electron chi connectivity index (χ0n) is 19.1. The summed E-state index contributed by atoms with van der Waals surface area (Å²) in [6.07, 6.45) is 2.05. The van der Waals surface area contributed by atoms with Crippen LogP contribution in [0, 0.1) is 0 Å². The summed E-state index contributed by atoms with van der Waals surface area (Å²) in [5.74, 6) is 0.0151. The molecule has 0 aromatic heterocycles. The van der Waals surface area contributed by atoms with Gasteiger partial charge in [0.2, 0.25) is 10.0 Å². The molecule has 0 atom stereocenters. The van der Waals surface area contributed by atoms with Crippen molar-refractivity contribution in [3.8, 4) is 5.75 Å². The first-order chi connectivity index (χ1) is 15.7. The molecular weight excluding hydrogens is 444 g/mol. The third-order valence-electron chi connectivity index (χ3n) is 5.49. The van der Waals surface area contributed by atoms with Gasteiger partial charge in [-0.25, -0.2) is 12.7 Å². The second-order valence-electron chi connectivity index (χ2n) is 7.90. The van der Waals surface area contributed by atoms with Crippen molar-refractivity contribution in [2.24, 2.45) is 0 Å². The molecule has 3 rings (SSSR count). The molecule has 33 heavy (non-hydrogen) atoms. The number of sulfonamides is 1. The Bertz CT molecular complexity index is 1090. The summed E-state index contributed by atoms with van der Waals surface area (Å²) in [5.41, 5.74) is 1.51. The maximum atomic E-state index is 13.0. The SMILES string of the molecule is COc1ccc(C(=O)NCCNC(=O)c2cc(S(=O)(=O)N(C)C)ccc2N2CCCC2)cc1. The fourth-order valence-corrected chi connectivity index (χ4v) is 4.52. The van der Waals surface area contributed by atoms with Gasteiger partial charge in [-0.2, -0.15) is 0 Å². The van der Waals surface area contributed by atoms with Crippen molar-refractivity contribution in [2.45, 2.75) is 17.7 Å². The largest absolute Gasteiger partial charge is 0.497 e. The average molecular weight is 475 g/mol. The molecule has 1 aliphatic rings. The van der Waals surface area contributed by atoms with Gasteiger partial charge in [0.25, 0.3) is 11.8 Å². The van der Waals surface area contributed by atoms with Gasteiger partial charge in [-0.1, -0.05) is 0 Å². The highest BCUT2D eigenvalue weighted by atomic mass is 32.2. The Hall–Kier alpha value is -3.11. The highest BCUT2D eigenvalue weighted by molar-refractivity contribution is 7.89. The van der Waals surface area contributed by atoms with Gasteiger partial charge in [0.1, 0.15) is 5.75 Å². The Morgan fingerprint density at radius 1 is 0.970 bits per heavy atom. The van der Waals surface area contributed by atoms with E-state index in [1.54, 1.807) is 37.4 Å². The predicted molar refractivity (Wildman–Crippen MR) is 126 cm³/mol. The Labute approximate surface area is 194 Å². The maximum Gasteiger partial charge on any atom is 0.253 e. The number of carbonyl (C=O) groups excluding carboxylic acids is 2. The van der Waals surface area contributed by atoms with E-state index in [4.69, 9.17) is 4.74 Å². The van der Waals surface area contributed by atoms with Crippen molar-refractivity contribution in [2.75, 3.05) is 52.3 Å². The number of anilines is 1. The van der Waals surface area contributed by atoms with Crippen molar-refractivity contribution < 1.29 is 22.7 Å². The Morgan fingerprint density at radius 2 is 1.58 bits per heavy atom. The molecule has 2 aromatic rings. The number of ether oxygens (including phenoxy) is 1. The summed E-state index contributed by atoms with van der Waals surface area (Å²) in [4.78, 5) is 27.4. The van der Waals surface area contributed by atoms with Gasteiger partial charge in [-0.3, -0.25) is 9.59 Å². The molecule has 10 heteroatoms. The molecule has 1 aliphatic heterocycles. The Balaban J connectivity index is 1.67. The Kier molecular flexibility index (Phi) is 7.93. The highest BCUT2D eigenvalue weighted by Gasteiger charge is 2.24. The summed E-state index contributed by atoms with van der Waals surface area (Å²) in [6.45, 7) is 2.06. The third-order valence-corrected chi connectivity index (χ3v) is 7.30. The molecule has 2 amide bonds. The van der Waals surface area contributed by atoms with Crippen LogP contribution in [0.15, 0.2) is 47.4 Å². The standard InChI is InChI=1S/C23H30N4O5S/c1-26(2)33(30,31)19-10-11-21(27-14-4-5-15-27)20(16-19)23(29)25-13-12-24-22(28)17-6-8-18(32-3)9-7-17/h6-11,16H,4-5,12-15H2,1-3H3,(H,24,28)(H,25,29). The first kappa shape index (κ1) is 24.5. The van der Waals surface area contributed by atoms with Crippen LogP contribution in [0.25, 0.3) is 0 Å². The van der Waals surface area contributed by atoms with E-state index in [0.29, 0.717) is 22.6 Å². The van der Waals surface area contributed by atoms with Crippen molar-refractivity contribution in [3.05, 3.63) is 53.6 Å². The molecule has 1 saturated heterocycles.